The van der Waals surface area contributed by atoms with Crippen LogP contribution in [-0.4, -0.2) is 56.1 Å². The highest BCUT2D eigenvalue weighted by Crippen LogP contribution is 2.23. The van der Waals surface area contributed by atoms with Crippen LogP contribution in [0.25, 0.3) is 0 Å². The third-order valence-corrected chi connectivity index (χ3v) is 5.28. The van der Waals surface area contributed by atoms with E-state index in [1.807, 2.05) is 41.1 Å². The van der Waals surface area contributed by atoms with E-state index < -0.39 is 6.10 Å². The van der Waals surface area contributed by atoms with Gasteiger partial charge >= 0.3 is 0 Å². The van der Waals surface area contributed by atoms with E-state index in [0.717, 1.165) is 24.1 Å². The lowest BCUT2D eigenvalue weighted by Crippen LogP contribution is -2.40. The molecule has 7 nitrogen and oxygen atoms in total. The minimum atomic E-state index is -0.781. The summed E-state index contributed by atoms with van der Waals surface area (Å²) in [6.45, 7) is 2.65. The van der Waals surface area contributed by atoms with Crippen LogP contribution in [0.15, 0.2) is 36.4 Å². The molecule has 1 atom stereocenters. The van der Waals surface area contributed by atoms with Gasteiger partial charge in [-0.2, -0.15) is 5.10 Å². The van der Waals surface area contributed by atoms with Gasteiger partial charge in [-0.3, -0.25) is 14.3 Å². The summed E-state index contributed by atoms with van der Waals surface area (Å²) in [5.41, 5.74) is 2.31. The summed E-state index contributed by atoms with van der Waals surface area (Å²) < 4.78 is 1.88. The lowest BCUT2D eigenvalue weighted by atomic mass is 10.1. The van der Waals surface area contributed by atoms with Crippen LogP contribution in [0.3, 0.4) is 0 Å². The van der Waals surface area contributed by atoms with Gasteiger partial charge in [0.15, 0.2) is 0 Å². The van der Waals surface area contributed by atoms with E-state index in [1.54, 1.807) is 9.80 Å². The molecular formula is C20H24N4O3. The molecule has 1 fully saturated rings. The van der Waals surface area contributed by atoms with Crippen LogP contribution in [-0.2, 0) is 22.7 Å². The zero-order chi connectivity index (χ0) is 18.8. The maximum absolute atomic E-state index is 12.7. The molecule has 2 aliphatic heterocycles. The summed E-state index contributed by atoms with van der Waals surface area (Å²) >= 11 is 0. The van der Waals surface area contributed by atoms with Crippen LogP contribution in [0.4, 0.5) is 0 Å². The van der Waals surface area contributed by atoms with Gasteiger partial charge in [0.25, 0.3) is 0 Å². The van der Waals surface area contributed by atoms with Crippen molar-refractivity contribution in [3.63, 3.8) is 0 Å². The summed E-state index contributed by atoms with van der Waals surface area (Å²) in [6.07, 6.45) is 1.40. The Kier molecular flexibility index (Phi) is 4.94. The number of fused-ring (bicyclic) bond motifs is 1. The normalized spacial score (nSPS) is 18.3. The highest BCUT2D eigenvalue weighted by molar-refractivity contribution is 5.85. The summed E-state index contributed by atoms with van der Waals surface area (Å²) in [4.78, 5) is 27.9. The first-order valence-corrected chi connectivity index (χ1v) is 9.47. The minimum Gasteiger partial charge on any atom is -0.382 e. The SMILES string of the molecule is O=C1CCCN1CC(=O)N1CCCn2nc([C@@H](O)c3ccccc3)cc2C1. The molecule has 1 saturated heterocycles. The number of aromatic nitrogens is 2. The molecule has 1 N–H and O–H groups in total. The number of carbonyl (C=O) groups excluding carboxylic acids is 2. The molecule has 1 aromatic heterocycles. The minimum absolute atomic E-state index is 0.0231. The van der Waals surface area contributed by atoms with Crippen molar-refractivity contribution in [1.82, 2.24) is 19.6 Å². The van der Waals surface area contributed by atoms with Crippen molar-refractivity contribution in [2.45, 2.75) is 38.5 Å². The molecule has 0 unspecified atom stereocenters. The van der Waals surface area contributed by atoms with Gasteiger partial charge < -0.3 is 14.9 Å². The monoisotopic (exact) mass is 368 g/mol. The van der Waals surface area contributed by atoms with Crippen LogP contribution in [0.1, 0.15) is 42.3 Å². The molecule has 7 heteroatoms. The number of aliphatic hydroxyl groups excluding tert-OH is 1. The van der Waals surface area contributed by atoms with Crippen molar-refractivity contribution in [2.75, 3.05) is 19.6 Å². The van der Waals surface area contributed by atoms with E-state index in [0.29, 0.717) is 38.3 Å². The van der Waals surface area contributed by atoms with Gasteiger partial charge in [-0.25, -0.2) is 0 Å². The predicted molar refractivity (Wildman–Crippen MR) is 98.6 cm³/mol. The highest BCUT2D eigenvalue weighted by Gasteiger charge is 2.27. The van der Waals surface area contributed by atoms with Crippen molar-refractivity contribution >= 4 is 11.8 Å². The van der Waals surface area contributed by atoms with E-state index in [-0.39, 0.29) is 18.4 Å². The van der Waals surface area contributed by atoms with Crippen molar-refractivity contribution in [3.05, 3.63) is 53.3 Å². The van der Waals surface area contributed by atoms with Crippen LogP contribution in [0, 0.1) is 0 Å². The molecule has 2 aromatic rings. The Hall–Kier alpha value is -2.67. The fourth-order valence-electron chi connectivity index (χ4n) is 3.77. The topological polar surface area (TPSA) is 78.7 Å². The molecule has 0 aliphatic carbocycles. The molecule has 0 radical (unpaired) electrons. The van der Waals surface area contributed by atoms with Crippen LogP contribution in [0.5, 0.6) is 0 Å². The van der Waals surface area contributed by atoms with Gasteiger partial charge in [-0.1, -0.05) is 30.3 Å². The molecule has 142 valence electrons. The fraction of sp³-hybridized carbons (Fsp3) is 0.450. The Morgan fingerprint density at radius 1 is 1.15 bits per heavy atom. The summed E-state index contributed by atoms with van der Waals surface area (Å²) in [5.74, 6) is 0.0431. The van der Waals surface area contributed by atoms with Gasteiger partial charge in [0.05, 0.1) is 24.5 Å². The second-order valence-electron chi connectivity index (χ2n) is 7.18. The van der Waals surface area contributed by atoms with E-state index >= 15 is 0 Å². The van der Waals surface area contributed by atoms with Gasteiger partial charge in [0.2, 0.25) is 11.8 Å². The summed E-state index contributed by atoms with van der Waals surface area (Å²) in [5, 5.41) is 15.2. The average Bonchev–Trinajstić information content (AvgIpc) is 3.21. The molecule has 3 heterocycles. The van der Waals surface area contributed by atoms with Crippen molar-refractivity contribution in [3.8, 4) is 0 Å². The number of aliphatic hydroxyl groups is 1. The number of likely N-dealkylation sites (tertiary alicyclic amines) is 1. The highest BCUT2D eigenvalue weighted by atomic mass is 16.3. The van der Waals surface area contributed by atoms with Crippen LogP contribution >= 0.6 is 0 Å². The van der Waals surface area contributed by atoms with Crippen molar-refractivity contribution in [2.24, 2.45) is 0 Å². The maximum Gasteiger partial charge on any atom is 0.242 e. The van der Waals surface area contributed by atoms with E-state index in [2.05, 4.69) is 5.10 Å². The zero-order valence-corrected chi connectivity index (χ0v) is 15.3. The lowest BCUT2D eigenvalue weighted by molar-refractivity contribution is -0.138. The number of amides is 2. The quantitative estimate of drug-likeness (QED) is 0.883. The second-order valence-corrected chi connectivity index (χ2v) is 7.18. The standard InChI is InChI=1S/C20H24N4O3/c25-18-8-4-9-23(18)14-19(26)22-10-5-11-24-16(13-22)12-17(21-24)20(27)15-6-2-1-3-7-15/h1-3,6-7,12,20,27H,4-5,8-11,13-14H2/t20-/m0/s1. The van der Waals surface area contributed by atoms with E-state index in [4.69, 9.17) is 0 Å². The van der Waals surface area contributed by atoms with Crippen molar-refractivity contribution < 1.29 is 14.7 Å². The molecule has 0 saturated carbocycles. The molecule has 0 bridgehead atoms. The molecule has 0 spiro atoms. The molecule has 4 rings (SSSR count). The molecule has 1 aromatic carbocycles. The Morgan fingerprint density at radius 2 is 1.96 bits per heavy atom. The summed E-state index contributed by atoms with van der Waals surface area (Å²) in [6, 6.07) is 11.3. The molecule has 27 heavy (non-hydrogen) atoms. The predicted octanol–water partition coefficient (Wildman–Crippen LogP) is 1.32. The van der Waals surface area contributed by atoms with Crippen molar-refractivity contribution in [1.29, 1.82) is 0 Å². The number of nitrogens with zero attached hydrogens (tertiary/aromatic N) is 4. The number of hydrogen-bond donors (Lipinski definition) is 1. The largest absolute Gasteiger partial charge is 0.382 e. The maximum atomic E-state index is 12.7. The van der Waals surface area contributed by atoms with Gasteiger partial charge in [-0.15, -0.1) is 0 Å². The second kappa shape index (κ2) is 7.52. The first-order valence-electron chi connectivity index (χ1n) is 9.47. The number of benzene rings is 1. The molecule has 2 aliphatic rings. The van der Waals surface area contributed by atoms with Gasteiger partial charge in [0.1, 0.15) is 6.10 Å². The Balaban J connectivity index is 1.48. The van der Waals surface area contributed by atoms with Gasteiger partial charge in [-0.05, 0) is 24.5 Å². The smallest absolute Gasteiger partial charge is 0.242 e. The average molecular weight is 368 g/mol. The fourth-order valence-corrected chi connectivity index (χ4v) is 3.77. The van der Waals surface area contributed by atoms with E-state index in [9.17, 15) is 14.7 Å². The number of rotatable bonds is 4. The zero-order valence-electron chi connectivity index (χ0n) is 15.3. The molecular weight excluding hydrogens is 344 g/mol. The first kappa shape index (κ1) is 17.7. The summed E-state index contributed by atoms with van der Waals surface area (Å²) in [7, 11) is 0. The lowest BCUT2D eigenvalue weighted by Gasteiger charge is -2.23. The van der Waals surface area contributed by atoms with E-state index in [1.165, 1.54) is 0 Å². The van der Waals surface area contributed by atoms with Gasteiger partial charge in [0, 0.05) is 26.1 Å². The Labute approximate surface area is 158 Å². The molecule has 2 amide bonds. The van der Waals surface area contributed by atoms with Crippen LogP contribution in [0.2, 0.25) is 0 Å². The first-order chi connectivity index (χ1) is 13.1. The number of hydrogen-bond acceptors (Lipinski definition) is 4. The van der Waals surface area contributed by atoms with Crippen LogP contribution < -0.4 is 0 Å². The third kappa shape index (κ3) is 3.73. The third-order valence-electron chi connectivity index (χ3n) is 5.28. The Bertz CT molecular complexity index is 833. The Morgan fingerprint density at radius 3 is 2.70 bits per heavy atom. The number of carbonyl (C=O) groups is 2. The number of aryl methyl sites for hydroxylation is 1.